The lowest BCUT2D eigenvalue weighted by Gasteiger charge is -2.29. The van der Waals surface area contributed by atoms with Crippen LogP contribution in [-0.4, -0.2) is 32.5 Å². The summed E-state index contributed by atoms with van der Waals surface area (Å²) in [6.45, 7) is 2.58. The normalized spacial score (nSPS) is 21.8. The molecule has 28 heavy (non-hydrogen) atoms. The molecule has 0 saturated carbocycles. The summed E-state index contributed by atoms with van der Waals surface area (Å²) in [6.07, 6.45) is 4.17. The number of halogens is 3. The maximum absolute atomic E-state index is 13.9. The first-order valence-electron chi connectivity index (χ1n) is 8.38. The molecule has 2 atom stereocenters. The van der Waals surface area contributed by atoms with Crippen molar-refractivity contribution in [3.63, 3.8) is 0 Å². The minimum atomic E-state index is -1.12. The molecule has 1 saturated heterocycles. The van der Waals surface area contributed by atoms with E-state index in [0.29, 0.717) is 22.9 Å². The third-order valence-electron chi connectivity index (χ3n) is 4.12. The van der Waals surface area contributed by atoms with Crippen molar-refractivity contribution in [1.29, 1.82) is 0 Å². The standard InChI is InChI=1S/C18H15Cl2FN4O3/c1-11-7-26-18(28-11,8-25-10-22-9-24-25)14-3-2-13(5-15(14)20)27-17-16(21)4-12(19)6-23-17/h2-6,9-11H,7-8H2,1H3. The van der Waals surface area contributed by atoms with E-state index in [1.807, 2.05) is 6.92 Å². The predicted octanol–water partition coefficient (Wildman–Crippen LogP) is 4.20. The first-order valence-corrected chi connectivity index (χ1v) is 9.14. The molecule has 4 rings (SSSR count). The molecule has 0 N–H and O–H groups in total. The summed E-state index contributed by atoms with van der Waals surface area (Å²) in [7, 11) is 0. The molecular weight excluding hydrogens is 410 g/mol. The van der Waals surface area contributed by atoms with Crippen LogP contribution in [0.1, 0.15) is 12.5 Å². The third kappa shape index (κ3) is 3.81. The molecule has 0 radical (unpaired) electrons. The van der Waals surface area contributed by atoms with Crippen LogP contribution in [0.3, 0.4) is 0 Å². The molecule has 146 valence electrons. The summed E-state index contributed by atoms with van der Waals surface area (Å²) < 4.78 is 33.0. The fourth-order valence-electron chi connectivity index (χ4n) is 2.94. The van der Waals surface area contributed by atoms with Gasteiger partial charge in [0, 0.05) is 11.8 Å². The number of rotatable bonds is 5. The van der Waals surface area contributed by atoms with Crippen molar-refractivity contribution in [3.8, 4) is 11.6 Å². The smallest absolute Gasteiger partial charge is 0.255 e. The van der Waals surface area contributed by atoms with E-state index in [2.05, 4.69) is 15.1 Å². The van der Waals surface area contributed by atoms with Crippen LogP contribution in [0, 0.1) is 5.82 Å². The van der Waals surface area contributed by atoms with Gasteiger partial charge in [0.2, 0.25) is 5.79 Å². The second-order valence-electron chi connectivity index (χ2n) is 6.27. The van der Waals surface area contributed by atoms with Crippen LogP contribution >= 0.6 is 23.2 Å². The highest BCUT2D eigenvalue weighted by molar-refractivity contribution is 6.31. The highest BCUT2D eigenvalue weighted by Crippen LogP contribution is 2.41. The molecule has 1 aliphatic heterocycles. The van der Waals surface area contributed by atoms with Crippen molar-refractivity contribution in [2.75, 3.05) is 6.61 Å². The SMILES string of the molecule is CC1COC(Cn2cncn2)(c2ccc(Oc3ncc(Cl)cc3F)cc2Cl)O1. The Kier molecular flexibility index (Phi) is 5.20. The Morgan fingerprint density at radius 1 is 1.36 bits per heavy atom. The molecule has 1 fully saturated rings. The van der Waals surface area contributed by atoms with Gasteiger partial charge in [0.1, 0.15) is 24.9 Å². The number of pyridine rings is 1. The van der Waals surface area contributed by atoms with Gasteiger partial charge in [-0.1, -0.05) is 23.2 Å². The van der Waals surface area contributed by atoms with E-state index in [0.717, 1.165) is 6.07 Å². The highest BCUT2D eigenvalue weighted by atomic mass is 35.5. The number of aromatic nitrogens is 4. The molecule has 3 aromatic rings. The molecule has 0 amide bonds. The summed E-state index contributed by atoms with van der Waals surface area (Å²) in [5.41, 5.74) is 0.603. The predicted molar refractivity (Wildman–Crippen MR) is 98.9 cm³/mol. The Morgan fingerprint density at radius 2 is 2.21 bits per heavy atom. The van der Waals surface area contributed by atoms with Gasteiger partial charge in [0.25, 0.3) is 5.88 Å². The van der Waals surface area contributed by atoms with Crippen LogP contribution in [0.4, 0.5) is 4.39 Å². The van der Waals surface area contributed by atoms with Gasteiger partial charge in [-0.25, -0.2) is 19.0 Å². The Bertz CT molecular complexity index is 989. The Labute approximate surface area is 170 Å². The maximum Gasteiger partial charge on any atom is 0.255 e. The number of ether oxygens (including phenoxy) is 3. The average Bonchev–Trinajstić information content (AvgIpc) is 3.28. The molecule has 2 aromatic heterocycles. The monoisotopic (exact) mass is 424 g/mol. The van der Waals surface area contributed by atoms with Crippen molar-refractivity contribution in [2.24, 2.45) is 0 Å². The zero-order chi connectivity index (χ0) is 19.7. The fourth-order valence-corrected chi connectivity index (χ4v) is 3.40. The zero-order valence-electron chi connectivity index (χ0n) is 14.7. The molecule has 1 aliphatic rings. The van der Waals surface area contributed by atoms with E-state index in [1.165, 1.54) is 12.5 Å². The van der Waals surface area contributed by atoms with E-state index in [9.17, 15) is 4.39 Å². The van der Waals surface area contributed by atoms with Crippen LogP contribution in [0.25, 0.3) is 0 Å². The van der Waals surface area contributed by atoms with Gasteiger partial charge >= 0.3 is 0 Å². The second kappa shape index (κ2) is 7.63. The lowest BCUT2D eigenvalue weighted by atomic mass is 10.1. The van der Waals surface area contributed by atoms with E-state index >= 15 is 0 Å². The Balaban J connectivity index is 1.63. The topological polar surface area (TPSA) is 71.3 Å². The molecule has 0 spiro atoms. The number of benzene rings is 1. The highest BCUT2D eigenvalue weighted by Gasteiger charge is 2.44. The van der Waals surface area contributed by atoms with Crippen LogP contribution in [0.5, 0.6) is 11.6 Å². The largest absolute Gasteiger partial charge is 0.436 e. The van der Waals surface area contributed by atoms with Gasteiger partial charge in [0.15, 0.2) is 5.82 Å². The first-order chi connectivity index (χ1) is 13.4. The van der Waals surface area contributed by atoms with Gasteiger partial charge in [-0.15, -0.1) is 0 Å². The van der Waals surface area contributed by atoms with Gasteiger partial charge < -0.3 is 14.2 Å². The van der Waals surface area contributed by atoms with E-state index in [4.69, 9.17) is 37.4 Å². The average molecular weight is 425 g/mol. The van der Waals surface area contributed by atoms with Crippen molar-refractivity contribution in [2.45, 2.75) is 25.4 Å². The molecule has 3 heterocycles. The molecule has 0 bridgehead atoms. The number of hydrogen-bond acceptors (Lipinski definition) is 6. The summed E-state index contributed by atoms with van der Waals surface area (Å²) >= 11 is 12.2. The van der Waals surface area contributed by atoms with Crippen molar-refractivity contribution in [3.05, 3.63) is 64.5 Å². The van der Waals surface area contributed by atoms with E-state index in [-0.39, 0.29) is 23.6 Å². The van der Waals surface area contributed by atoms with Gasteiger partial charge in [-0.2, -0.15) is 5.10 Å². The lowest BCUT2D eigenvalue weighted by molar-refractivity contribution is -0.186. The maximum atomic E-state index is 13.9. The van der Waals surface area contributed by atoms with Crippen LogP contribution in [0.15, 0.2) is 43.1 Å². The molecule has 7 nitrogen and oxygen atoms in total. The Morgan fingerprint density at radius 3 is 2.86 bits per heavy atom. The minimum absolute atomic E-state index is 0.122. The summed E-state index contributed by atoms with van der Waals surface area (Å²) in [5, 5.41) is 4.63. The lowest BCUT2D eigenvalue weighted by Crippen LogP contribution is -2.34. The quantitative estimate of drug-likeness (QED) is 0.610. The molecular formula is C18H15Cl2FN4O3. The minimum Gasteiger partial charge on any atom is -0.436 e. The van der Waals surface area contributed by atoms with Gasteiger partial charge in [-0.3, -0.25) is 0 Å². The molecule has 10 heteroatoms. The van der Waals surface area contributed by atoms with Crippen LogP contribution in [-0.2, 0) is 21.8 Å². The summed E-state index contributed by atoms with van der Waals surface area (Å²) in [4.78, 5) is 7.78. The first kappa shape index (κ1) is 19.1. The van der Waals surface area contributed by atoms with Crippen molar-refractivity contribution in [1.82, 2.24) is 19.7 Å². The molecule has 2 unspecified atom stereocenters. The van der Waals surface area contributed by atoms with E-state index < -0.39 is 11.6 Å². The van der Waals surface area contributed by atoms with Crippen LogP contribution in [0.2, 0.25) is 10.0 Å². The summed E-state index contributed by atoms with van der Waals surface area (Å²) in [6, 6.07) is 6.01. The zero-order valence-corrected chi connectivity index (χ0v) is 16.2. The summed E-state index contributed by atoms with van der Waals surface area (Å²) in [5.74, 6) is -1.68. The van der Waals surface area contributed by atoms with Crippen LogP contribution < -0.4 is 4.74 Å². The van der Waals surface area contributed by atoms with Crippen molar-refractivity contribution >= 4 is 23.2 Å². The van der Waals surface area contributed by atoms with Crippen molar-refractivity contribution < 1.29 is 18.6 Å². The molecule has 1 aromatic carbocycles. The number of hydrogen-bond donors (Lipinski definition) is 0. The second-order valence-corrected chi connectivity index (χ2v) is 7.11. The number of nitrogens with zero attached hydrogens (tertiary/aromatic N) is 4. The fraction of sp³-hybridized carbons (Fsp3) is 0.278. The third-order valence-corrected chi connectivity index (χ3v) is 4.64. The Hall–Kier alpha value is -2.26. The van der Waals surface area contributed by atoms with Gasteiger partial charge in [0.05, 0.1) is 22.8 Å². The van der Waals surface area contributed by atoms with E-state index in [1.54, 1.807) is 29.2 Å². The van der Waals surface area contributed by atoms with Gasteiger partial charge in [-0.05, 0) is 31.2 Å². The molecule has 0 aliphatic carbocycles.